The van der Waals surface area contributed by atoms with Crippen LogP contribution in [0, 0.1) is 23.2 Å². The maximum atomic E-state index is 13.7. The van der Waals surface area contributed by atoms with Crippen LogP contribution in [0.2, 0.25) is 0 Å². The van der Waals surface area contributed by atoms with Gasteiger partial charge in [-0.2, -0.15) is 0 Å². The van der Waals surface area contributed by atoms with E-state index in [0.29, 0.717) is 18.3 Å². The Kier molecular flexibility index (Phi) is 20.3. The summed E-state index contributed by atoms with van der Waals surface area (Å²) in [6.45, 7) is 20.0. The molecule has 0 bridgehead atoms. The molecule has 1 heterocycles. The zero-order chi connectivity index (χ0) is 32.3. The smallest absolute Gasteiger partial charge is 0.306 e. The van der Waals surface area contributed by atoms with E-state index in [-0.39, 0.29) is 36.0 Å². The maximum Gasteiger partial charge on any atom is 0.306 e. The molecule has 0 unspecified atom stereocenters. The number of ether oxygens (including phenoxy) is 1. The maximum absolute atomic E-state index is 13.7. The van der Waals surface area contributed by atoms with E-state index in [4.69, 9.17) is 9.53 Å². The third-order valence-electron chi connectivity index (χ3n) is 8.66. The Morgan fingerprint density at radius 1 is 0.976 bits per heavy atom. The molecule has 0 aromatic rings. The number of rotatable bonds is 8. The second-order valence-corrected chi connectivity index (χ2v) is 13.2. The monoisotopic (exact) mass is 589 g/mol. The van der Waals surface area contributed by atoms with Gasteiger partial charge in [-0.05, 0) is 79.1 Å². The quantitative estimate of drug-likeness (QED) is 0.132. The molecule has 0 aromatic carbocycles. The van der Waals surface area contributed by atoms with Crippen molar-refractivity contribution in [2.45, 2.75) is 158 Å². The van der Waals surface area contributed by atoms with Gasteiger partial charge in [-0.1, -0.05) is 89.5 Å². The van der Waals surface area contributed by atoms with Gasteiger partial charge in [0.1, 0.15) is 18.2 Å². The van der Waals surface area contributed by atoms with E-state index in [1.54, 1.807) is 0 Å². The standard InChI is InChI=1S/C34H59NO4.C2H4O/c1-10-12-13-14-18-32(37)39-30-23-31(36)35-29(27(6)21-24(3)11-2)20-19-25(4)16-15-17-26(5)22-28(7)33(38)34(30,8)9;1-2-3/h11,21,25-26,28-30H,10,12-20,22-23H2,1-9H3,(H,35,36);2H,1H3/b24-11+,27-21+;/t25-,26-,28+,29-,30-;/m0./s1. The number of ketones is 1. The van der Waals surface area contributed by atoms with Crippen molar-refractivity contribution in [2.75, 3.05) is 0 Å². The van der Waals surface area contributed by atoms with Crippen LogP contribution in [0.4, 0.5) is 0 Å². The SMILES string of the molecule is C/C=C(C)/C=C(\C)[C@@H]1CC[C@@H](C)CCC[C@H](C)C[C@@H](C)C(=O)C(C)(C)[C@@H](OC(=O)CCCCCC)CC(=O)N1.CC=O. The second kappa shape index (κ2) is 21.4. The van der Waals surface area contributed by atoms with Crippen molar-refractivity contribution >= 4 is 23.9 Å². The van der Waals surface area contributed by atoms with Crippen molar-refractivity contribution in [2.24, 2.45) is 23.2 Å². The molecule has 0 spiro atoms. The van der Waals surface area contributed by atoms with E-state index >= 15 is 0 Å². The molecule has 1 saturated heterocycles. The van der Waals surface area contributed by atoms with Gasteiger partial charge in [0, 0.05) is 12.3 Å². The minimum Gasteiger partial charge on any atom is -0.461 e. The minimum absolute atomic E-state index is 0.0103. The van der Waals surface area contributed by atoms with Crippen LogP contribution in [0.3, 0.4) is 0 Å². The number of carbonyl (C=O) groups is 4. The van der Waals surface area contributed by atoms with Crippen LogP contribution in [-0.4, -0.2) is 36.1 Å². The number of amides is 1. The first-order chi connectivity index (χ1) is 19.7. The summed E-state index contributed by atoms with van der Waals surface area (Å²) in [6, 6.07) is -0.0928. The van der Waals surface area contributed by atoms with Crippen molar-refractivity contribution in [3.8, 4) is 0 Å². The molecule has 242 valence electrons. The van der Waals surface area contributed by atoms with Crippen molar-refractivity contribution < 1.29 is 23.9 Å². The van der Waals surface area contributed by atoms with Crippen LogP contribution in [0.15, 0.2) is 23.3 Å². The van der Waals surface area contributed by atoms with Gasteiger partial charge in [-0.15, -0.1) is 0 Å². The number of nitrogens with one attached hydrogen (secondary N) is 1. The first-order valence-electron chi connectivity index (χ1n) is 16.5. The fourth-order valence-electron chi connectivity index (χ4n) is 5.77. The Hall–Kier alpha value is -2.24. The van der Waals surface area contributed by atoms with Gasteiger partial charge in [0.2, 0.25) is 5.91 Å². The van der Waals surface area contributed by atoms with Crippen molar-refractivity contribution in [1.29, 1.82) is 0 Å². The summed E-state index contributed by atoms with van der Waals surface area (Å²) in [5.74, 6) is 0.448. The Labute approximate surface area is 257 Å². The zero-order valence-electron chi connectivity index (χ0n) is 28.6. The third-order valence-corrected chi connectivity index (χ3v) is 8.66. The lowest BCUT2D eigenvalue weighted by Gasteiger charge is -2.35. The van der Waals surface area contributed by atoms with E-state index < -0.39 is 11.5 Å². The molecule has 1 rings (SSSR count). The molecule has 1 fully saturated rings. The van der Waals surface area contributed by atoms with Crippen LogP contribution >= 0.6 is 0 Å². The highest BCUT2D eigenvalue weighted by molar-refractivity contribution is 5.88. The third kappa shape index (κ3) is 15.8. The van der Waals surface area contributed by atoms with Gasteiger partial charge in [-0.25, -0.2) is 0 Å². The fraction of sp³-hybridized carbons (Fsp3) is 0.778. The molecule has 42 heavy (non-hydrogen) atoms. The number of esters is 1. The predicted octanol–water partition coefficient (Wildman–Crippen LogP) is 8.72. The van der Waals surface area contributed by atoms with Gasteiger partial charge in [0.05, 0.1) is 17.9 Å². The van der Waals surface area contributed by atoms with Gasteiger partial charge >= 0.3 is 5.97 Å². The lowest BCUT2D eigenvalue weighted by Crippen LogP contribution is -2.47. The highest BCUT2D eigenvalue weighted by Gasteiger charge is 2.42. The van der Waals surface area contributed by atoms with E-state index in [2.05, 4.69) is 52.1 Å². The highest BCUT2D eigenvalue weighted by Crippen LogP contribution is 2.34. The molecule has 0 aromatic heterocycles. The summed E-state index contributed by atoms with van der Waals surface area (Å²) in [7, 11) is 0. The average molecular weight is 590 g/mol. The molecule has 6 heteroatoms. The number of Topliss-reactive ketones (excluding diaryl/α,β-unsaturated/α-hetero) is 1. The second-order valence-electron chi connectivity index (χ2n) is 13.2. The number of aldehydes is 1. The topological polar surface area (TPSA) is 89.5 Å². The van der Waals surface area contributed by atoms with Crippen molar-refractivity contribution in [3.05, 3.63) is 23.3 Å². The van der Waals surface area contributed by atoms with E-state index in [1.165, 1.54) is 6.92 Å². The first-order valence-corrected chi connectivity index (χ1v) is 16.5. The largest absolute Gasteiger partial charge is 0.461 e. The van der Waals surface area contributed by atoms with Gasteiger partial charge < -0.3 is 14.8 Å². The molecule has 0 radical (unpaired) electrons. The molecular weight excluding hydrogens is 526 g/mol. The number of hydrogen-bond donors (Lipinski definition) is 1. The highest BCUT2D eigenvalue weighted by atomic mass is 16.5. The Morgan fingerprint density at radius 2 is 1.60 bits per heavy atom. The molecule has 1 aliphatic rings. The molecule has 0 aliphatic carbocycles. The minimum atomic E-state index is -0.955. The van der Waals surface area contributed by atoms with Gasteiger partial charge in [-0.3, -0.25) is 14.4 Å². The summed E-state index contributed by atoms with van der Waals surface area (Å²) in [5, 5.41) is 3.25. The number of allylic oxidation sites excluding steroid dienone is 3. The average Bonchev–Trinajstić information content (AvgIpc) is 2.92. The zero-order valence-corrected chi connectivity index (χ0v) is 28.6. The molecular formula is C36H63NO5. The molecule has 5 atom stereocenters. The van der Waals surface area contributed by atoms with Crippen molar-refractivity contribution in [3.63, 3.8) is 0 Å². The summed E-state index contributed by atoms with van der Waals surface area (Å²) >= 11 is 0. The lowest BCUT2D eigenvalue weighted by molar-refractivity contribution is -0.161. The van der Waals surface area contributed by atoms with E-state index in [0.717, 1.165) is 81.6 Å². The first kappa shape index (κ1) is 39.8. The predicted molar refractivity (Wildman–Crippen MR) is 174 cm³/mol. The molecule has 1 aliphatic heterocycles. The van der Waals surface area contributed by atoms with E-state index in [9.17, 15) is 14.4 Å². The Balaban J connectivity index is 0.00000535. The van der Waals surface area contributed by atoms with Crippen LogP contribution < -0.4 is 5.32 Å². The summed E-state index contributed by atoms with van der Waals surface area (Å²) in [5.41, 5.74) is 1.32. The van der Waals surface area contributed by atoms with Crippen LogP contribution in [0.1, 0.15) is 146 Å². The Bertz CT molecular complexity index is 887. The van der Waals surface area contributed by atoms with Crippen LogP contribution in [-0.2, 0) is 23.9 Å². The number of hydrogen-bond acceptors (Lipinski definition) is 5. The van der Waals surface area contributed by atoms with Gasteiger partial charge in [0.25, 0.3) is 0 Å². The number of unbranched alkanes of at least 4 members (excludes halogenated alkanes) is 3. The summed E-state index contributed by atoms with van der Waals surface area (Å²) < 4.78 is 5.96. The van der Waals surface area contributed by atoms with Crippen LogP contribution in [0.25, 0.3) is 0 Å². The van der Waals surface area contributed by atoms with Crippen LogP contribution in [0.5, 0.6) is 0 Å². The Morgan fingerprint density at radius 3 is 2.19 bits per heavy atom. The molecule has 1 N–H and O–H groups in total. The number of carbonyl (C=O) groups excluding carboxylic acids is 4. The summed E-state index contributed by atoms with van der Waals surface area (Å²) in [4.78, 5) is 48.9. The normalized spacial score (nSPS) is 26.9. The van der Waals surface area contributed by atoms with E-state index in [1.807, 2.05) is 27.7 Å². The fourth-order valence-corrected chi connectivity index (χ4v) is 5.77. The van der Waals surface area contributed by atoms with Crippen molar-refractivity contribution in [1.82, 2.24) is 5.32 Å². The molecule has 0 saturated carbocycles. The molecule has 6 nitrogen and oxygen atoms in total. The molecule has 1 amide bonds. The summed E-state index contributed by atoms with van der Waals surface area (Å²) in [6.07, 6.45) is 14.5. The lowest BCUT2D eigenvalue weighted by atomic mass is 9.73. The van der Waals surface area contributed by atoms with Gasteiger partial charge in [0.15, 0.2) is 0 Å².